The van der Waals surface area contributed by atoms with Gasteiger partial charge in [0.05, 0.1) is 18.7 Å². The molecule has 0 fully saturated rings. The number of rotatable bonds is 6. The van der Waals surface area contributed by atoms with Crippen LogP contribution >= 0.6 is 0 Å². The number of anilines is 1. The van der Waals surface area contributed by atoms with Crippen molar-refractivity contribution in [3.63, 3.8) is 0 Å². The molecule has 7 nitrogen and oxygen atoms in total. The topological polar surface area (TPSA) is 92.8 Å². The summed E-state index contributed by atoms with van der Waals surface area (Å²) in [6.45, 7) is 2.60. The Kier molecular flexibility index (Phi) is 4.81. The Hall–Kier alpha value is -3.22. The van der Waals surface area contributed by atoms with Crippen molar-refractivity contribution in [1.82, 2.24) is 20.2 Å². The molecular weight excluding hydrogens is 306 g/mol. The molecule has 24 heavy (non-hydrogen) atoms. The molecule has 0 saturated heterocycles. The Balaban J connectivity index is 1.65. The summed E-state index contributed by atoms with van der Waals surface area (Å²) >= 11 is 0. The van der Waals surface area contributed by atoms with Gasteiger partial charge >= 0.3 is 5.97 Å². The van der Waals surface area contributed by atoms with Crippen LogP contribution in [0.25, 0.3) is 11.4 Å². The SMILES string of the molecule is CCOC(=O)c1cccc(NCc2nnc(-c3ccncc3)[nH]2)c1. The Morgan fingerprint density at radius 1 is 1.21 bits per heavy atom. The summed E-state index contributed by atoms with van der Waals surface area (Å²) in [7, 11) is 0. The number of esters is 1. The molecule has 0 atom stereocenters. The van der Waals surface area contributed by atoms with Crippen LogP contribution in [0.4, 0.5) is 5.69 Å². The maximum Gasteiger partial charge on any atom is 0.338 e. The Labute approximate surface area is 139 Å². The van der Waals surface area contributed by atoms with Crippen molar-refractivity contribution in [2.45, 2.75) is 13.5 Å². The molecule has 3 rings (SSSR count). The Morgan fingerprint density at radius 3 is 2.83 bits per heavy atom. The van der Waals surface area contributed by atoms with E-state index in [1.54, 1.807) is 37.5 Å². The summed E-state index contributed by atoms with van der Waals surface area (Å²) in [5, 5.41) is 11.4. The lowest BCUT2D eigenvalue weighted by Gasteiger charge is -2.06. The van der Waals surface area contributed by atoms with Gasteiger partial charge in [-0.1, -0.05) is 6.07 Å². The monoisotopic (exact) mass is 323 g/mol. The van der Waals surface area contributed by atoms with E-state index in [2.05, 4.69) is 25.5 Å². The molecule has 0 amide bonds. The van der Waals surface area contributed by atoms with E-state index < -0.39 is 0 Å². The third-order valence-corrected chi connectivity index (χ3v) is 3.32. The molecule has 7 heteroatoms. The van der Waals surface area contributed by atoms with E-state index in [0.29, 0.717) is 30.4 Å². The molecule has 0 aliphatic rings. The van der Waals surface area contributed by atoms with Crippen LogP contribution in [0.15, 0.2) is 48.8 Å². The zero-order chi connectivity index (χ0) is 16.8. The second kappa shape index (κ2) is 7.36. The second-order valence-corrected chi connectivity index (χ2v) is 5.01. The Bertz CT molecular complexity index is 817. The molecule has 0 aliphatic carbocycles. The fourth-order valence-electron chi connectivity index (χ4n) is 2.17. The highest BCUT2D eigenvalue weighted by Gasteiger charge is 2.08. The lowest BCUT2D eigenvalue weighted by atomic mass is 10.2. The van der Waals surface area contributed by atoms with Gasteiger partial charge in [0.1, 0.15) is 5.82 Å². The van der Waals surface area contributed by atoms with Crippen LogP contribution in [0.2, 0.25) is 0 Å². The molecule has 0 unspecified atom stereocenters. The van der Waals surface area contributed by atoms with Crippen LogP contribution in [0, 0.1) is 0 Å². The number of carbonyl (C=O) groups excluding carboxylic acids is 1. The van der Waals surface area contributed by atoms with Crippen LogP contribution in [-0.2, 0) is 11.3 Å². The normalized spacial score (nSPS) is 10.4. The molecule has 0 saturated carbocycles. The zero-order valence-corrected chi connectivity index (χ0v) is 13.2. The molecule has 2 N–H and O–H groups in total. The molecule has 122 valence electrons. The minimum atomic E-state index is -0.333. The van der Waals surface area contributed by atoms with Crippen molar-refractivity contribution in [3.05, 3.63) is 60.2 Å². The number of hydrogen-bond acceptors (Lipinski definition) is 6. The van der Waals surface area contributed by atoms with Crippen LogP contribution < -0.4 is 5.32 Å². The molecule has 0 radical (unpaired) electrons. The summed E-state index contributed by atoms with van der Waals surface area (Å²) in [5.41, 5.74) is 2.24. The maximum atomic E-state index is 11.7. The van der Waals surface area contributed by atoms with Crippen LogP contribution in [-0.4, -0.2) is 32.7 Å². The molecule has 0 aliphatic heterocycles. The largest absolute Gasteiger partial charge is 0.462 e. The number of pyridine rings is 1. The van der Waals surface area contributed by atoms with Gasteiger partial charge in [-0.15, -0.1) is 10.2 Å². The number of nitrogens with one attached hydrogen (secondary N) is 2. The first kappa shape index (κ1) is 15.7. The molecule has 3 aromatic rings. The molecule has 1 aromatic carbocycles. The smallest absolute Gasteiger partial charge is 0.338 e. The van der Waals surface area contributed by atoms with Crippen molar-refractivity contribution < 1.29 is 9.53 Å². The van der Waals surface area contributed by atoms with Gasteiger partial charge in [-0.25, -0.2) is 4.79 Å². The number of H-pyrrole nitrogens is 1. The van der Waals surface area contributed by atoms with Crippen LogP contribution in [0.5, 0.6) is 0 Å². The second-order valence-electron chi connectivity index (χ2n) is 5.01. The van der Waals surface area contributed by atoms with E-state index in [1.165, 1.54) is 0 Å². The number of ether oxygens (including phenoxy) is 1. The molecule has 2 aromatic heterocycles. The lowest BCUT2D eigenvalue weighted by Crippen LogP contribution is -2.06. The lowest BCUT2D eigenvalue weighted by molar-refractivity contribution is 0.0526. The average Bonchev–Trinajstić information content (AvgIpc) is 3.10. The van der Waals surface area contributed by atoms with Crippen molar-refractivity contribution in [1.29, 1.82) is 0 Å². The third-order valence-electron chi connectivity index (χ3n) is 3.32. The fourth-order valence-corrected chi connectivity index (χ4v) is 2.17. The van der Waals surface area contributed by atoms with Gasteiger partial charge in [-0.05, 0) is 37.3 Å². The zero-order valence-electron chi connectivity index (χ0n) is 13.2. The van der Waals surface area contributed by atoms with Gasteiger partial charge < -0.3 is 15.0 Å². The number of carbonyl (C=O) groups is 1. The van der Waals surface area contributed by atoms with Crippen LogP contribution in [0.1, 0.15) is 23.1 Å². The van der Waals surface area contributed by atoms with Crippen molar-refractivity contribution in [2.75, 3.05) is 11.9 Å². The third kappa shape index (κ3) is 3.75. The van der Waals surface area contributed by atoms with E-state index in [0.717, 1.165) is 11.3 Å². The molecule has 0 bridgehead atoms. The van der Waals surface area contributed by atoms with Gasteiger partial charge in [0.2, 0.25) is 0 Å². The minimum Gasteiger partial charge on any atom is -0.462 e. The average molecular weight is 323 g/mol. The highest BCUT2D eigenvalue weighted by Crippen LogP contribution is 2.15. The van der Waals surface area contributed by atoms with E-state index in [1.807, 2.05) is 18.2 Å². The highest BCUT2D eigenvalue weighted by molar-refractivity contribution is 5.90. The van der Waals surface area contributed by atoms with E-state index in [-0.39, 0.29) is 5.97 Å². The van der Waals surface area contributed by atoms with Crippen LogP contribution in [0.3, 0.4) is 0 Å². The highest BCUT2D eigenvalue weighted by atomic mass is 16.5. The maximum absolute atomic E-state index is 11.7. The first-order chi connectivity index (χ1) is 11.8. The van der Waals surface area contributed by atoms with Crippen molar-refractivity contribution >= 4 is 11.7 Å². The van der Waals surface area contributed by atoms with Gasteiger partial charge in [0.15, 0.2) is 5.82 Å². The summed E-state index contributed by atoms with van der Waals surface area (Å²) in [4.78, 5) is 18.9. The van der Waals surface area contributed by atoms with E-state index in [9.17, 15) is 4.79 Å². The van der Waals surface area contributed by atoms with Gasteiger partial charge in [0.25, 0.3) is 0 Å². The number of benzene rings is 1. The molecule has 0 spiro atoms. The fraction of sp³-hybridized carbons (Fsp3) is 0.176. The van der Waals surface area contributed by atoms with E-state index in [4.69, 9.17) is 4.74 Å². The first-order valence-electron chi connectivity index (χ1n) is 7.59. The van der Waals surface area contributed by atoms with E-state index >= 15 is 0 Å². The molecule has 2 heterocycles. The van der Waals surface area contributed by atoms with Crippen molar-refractivity contribution in [3.8, 4) is 11.4 Å². The number of hydrogen-bond donors (Lipinski definition) is 2. The van der Waals surface area contributed by atoms with Gasteiger partial charge in [-0.3, -0.25) is 4.98 Å². The summed E-state index contributed by atoms with van der Waals surface area (Å²) < 4.78 is 5.00. The number of aromatic nitrogens is 4. The van der Waals surface area contributed by atoms with Gasteiger partial charge in [-0.2, -0.15) is 0 Å². The minimum absolute atomic E-state index is 0.333. The Morgan fingerprint density at radius 2 is 2.04 bits per heavy atom. The van der Waals surface area contributed by atoms with Crippen molar-refractivity contribution in [2.24, 2.45) is 0 Å². The predicted octanol–water partition coefficient (Wildman–Crippen LogP) is 2.66. The molecular formula is C17H17N5O2. The quantitative estimate of drug-likeness (QED) is 0.678. The predicted molar refractivity (Wildman–Crippen MR) is 89.3 cm³/mol. The summed E-state index contributed by atoms with van der Waals surface area (Å²) in [6, 6.07) is 10.9. The number of nitrogens with zero attached hydrogens (tertiary/aromatic N) is 3. The summed E-state index contributed by atoms with van der Waals surface area (Å²) in [5.74, 6) is 1.05. The standard InChI is InChI=1S/C17H17N5O2/c1-2-24-17(23)13-4-3-5-14(10-13)19-11-15-20-16(22-21-15)12-6-8-18-9-7-12/h3-10,19H,2,11H2,1H3,(H,20,21,22). The first-order valence-corrected chi connectivity index (χ1v) is 7.59. The summed E-state index contributed by atoms with van der Waals surface area (Å²) in [6.07, 6.45) is 3.41. The number of aromatic amines is 1. The van der Waals surface area contributed by atoms with Gasteiger partial charge in [0, 0.05) is 23.6 Å².